The first kappa shape index (κ1) is 13.4. The average molecular weight is 303 g/mol. The standard InChI is InChI=1S/C16H15ClN2S/c1-11-4-2-3-5-13(11)18-9-8-16-19-14-10-12(17)6-7-15(14)20-16/h2-7,10,18H,8-9H2,1H3. The van der Waals surface area contributed by atoms with Gasteiger partial charge in [-0.15, -0.1) is 11.3 Å². The van der Waals surface area contributed by atoms with Crippen LogP contribution in [0.4, 0.5) is 5.69 Å². The van der Waals surface area contributed by atoms with Gasteiger partial charge in [0, 0.05) is 23.7 Å². The quantitative estimate of drug-likeness (QED) is 0.740. The van der Waals surface area contributed by atoms with E-state index in [1.54, 1.807) is 11.3 Å². The second-order valence-electron chi connectivity index (χ2n) is 4.71. The Labute approximate surface area is 127 Å². The van der Waals surface area contributed by atoms with E-state index in [0.29, 0.717) is 0 Å². The molecule has 0 saturated carbocycles. The Morgan fingerprint density at radius 3 is 2.90 bits per heavy atom. The summed E-state index contributed by atoms with van der Waals surface area (Å²) in [6.45, 7) is 3.00. The Hall–Kier alpha value is -1.58. The summed E-state index contributed by atoms with van der Waals surface area (Å²) >= 11 is 7.72. The van der Waals surface area contributed by atoms with Crippen molar-refractivity contribution in [1.29, 1.82) is 0 Å². The minimum Gasteiger partial charge on any atom is -0.384 e. The van der Waals surface area contributed by atoms with Gasteiger partial charge in [0.25, 0.3) is 0 Å². The van der Waals surface area contributed by atoms with Gasteiger partial charge in [-0.05, 0) is 36.8 Å². The van der Waals surface area contributed by atoms with Crippen molar-refractivity contribution in [2.45, 2.75) is 13.3 Å². The summed E-state index contributed by atoms with van der Waals surface area (Å²) in [6.07, 6.45) is 0.922. The molecular weight excluding hydrogens is 288 g/mol. The second-order valence-corrected chi connectivity index (χ2v) is 6.26. The minimum absolute atomic E-state index is 0.743. The number of rotatable bonds is 4. The molecule has 0 bridgehead atoms. The average Bonchev–Trinajstić information content (AvgIpc) is 2.83. The molecule has 0 spiro atoms. The van der Waals surface area contributed by atoms with Crippen molar-refractivity contribution in [2.75, 3.05) is 11.9 Å². The molecule has 0 amide bonds. The fraction of sp³-hybridized carbons (Fsp3) is 0.188. The number of aromatic nitrogens is 1. The summed E-state index contributed by atoms with van der Waals surface area (Å²) in [5.74, 6) is 0. The molecule has 1 N–H and O–H groups in total. The fourth-order valence-corrected chi connectivity index (χ4v) is 3.24. The van der Waals surface area contributed by atoms with Crippen LogP contribution < -0.4 is 5.32 Å². The number of fused-ring (bicyclic) bond motifs is 1. The number of nitrogens with one attached hydrogen (secondary N) is 1. The lowest BCUT2D eigenvalue weighted by molar-refractivity contribution is 1.00. The number of halogens is 1. The van der Waals surface area contributed by atoms with Crippen LogP contribution in [-0.2, 0) is 6.42 Å². The molecule has 2 nitrogen and oxygen atoms in total. The van der Waals surface area contributed by atoms with Crippen LogP contribution in [0, 0.1) is 6.92 Å². The van der Waals surface area contributed by atoms with Gasteiger partial charge in [0.1, 0.15) is 0 Å². The minimum atomic E-state index is 0.743. The summed E-state index contributed by atoms with van der Waals surface area (Å²) in [5, 5.41) is 5.34. The summed E-state index contributed by atoms with van der Waals surface area (Å²) < 4.78 is 1.19. The van der Waals surface area contributed by atoms with Gasteiger partial charge in [-0.3, -0.25) is 0 Å². The van der Waals surface area contributed by atoms with Gasteiger partial charge >= 0.3 is 0 Å². The number of para-hydroxylation sites is 1. The second kappa shape index (κ2) is 5.81. The van der Waals surface area contributed by atoms with Crippen LogP contribution in [-0.4, -0.2) is 11.5 Å². The third kappa shape index (κ3) is 2.94. The van der Waals surface area contributed by atoms with E-state index in [0.717, 1.165) is 28.5 Å². The molecule has 20 heavy (non-hydrogen) atoms. The third-order valence-corrected chi connectivity index (χ3v) is 4.52. The zero-order valence-corrected chi connectivity index (χ0v) is 12.8. The first-order valence-electron chi connectivity index (χ1n) is 6.57. The van der Waals surface area contributed by atoms with Crippen molar-refractivity contribution in [2.24, 2.45) is 0 Å². The Balaban J connectivity index is 1.67. The summed E-state index contributed by atoms with van der Waals surface area (Å²) in [7, 11) is 0. The highest BCUT2D eigenvalue weighted by atomic mass is 35.5. The Morgan fingerprint density at radius 1 is 1.20 bits per heavy atom. The highest BCUT2D eigenvalue weighted by molar-refractivity contribution is 7.18. The van der Waals surface area contributed by atoms with Crippen molar-refractivity contribution in [3.8, 4) is 0 Å². The lowest BCUT2D eigenvalue weighted by Crippen LogP contribution is -2.05. The van der Waals surface area contributed by atoms with Crippen LogP contribution in [0.2, 0.25) is 5.02 Å². The topological polar surface area (TPSA) is 24.9 Å². The van der Waals surface area contributed by atoms with Crippen molar-refractivity contribution < 1.29 is 0 Å². The molecule has 3 rings (SSSR count). The molecule has 1 aromatic heterocycles. The van der Waals surface area contributed by atoms with E-state index in [2.05, 4.69) is 41.5 Å². The fourth-order valence-electron chi connectivity index (χ4n) is 2.13. The van der Waals surface area contributed by atoms with Gasteiger partial charge in [-0.25, -0.2) is 4.98 Å². The molecule has 0 aliphatic rings. The van der Waals surface area contributed by atoms with E-state index in [-0.39, 0.29) is 0 Å². The number of hydrogen-bond acceptors (Lipinski definition) is 3. The van der Waals surface area contributed by atoms with Crippen molar-refractivity contribution >= 4 is 38.8 Å². The van der Waals surface area contributed by atoms with Crippen LogP contribution in [0.25, 0.3) is 10.2 Å². The Morgan fingerprint density at radius 2 is 2.05 bits per heavy atom. The maximum absolute atomic E-state index is 5.98. The molecular formula is C16H15ClN2S. The largest absolute Gasteiger partial charge is 0.384 e. The smallest absolute Gasteiger partial charge is 0.0956 e. The summed E-state index contributed by atoms with van der Waals surface area (Å²) in [6, 6.07) is 14.2. The number of thiazole rings is 1. The van der Waals surface area contributed by atoms with Crippen LogP contribution in [0.1, 0.15) is 10.6 Å². The van der Waals surface area contributed by atoms with Gasteiger partial charge in [0.15, 0.2) is 0 Å². The molecule has 4 heteroatoms. The first-order valence-corrected chi connectivity index (χ1v) is 7.76. The SMILES string of the molecule is Cc1ccccc1NCCc1nc2cc(Cl)ccc2s1. The van der Waals surface area contributed by atoms with Gasteiger partial charge in [-0.1, -0.05) is 29.8 Å². The van der Waals surface area contributed by atoms with E-state index in [4.69, 9.17) is 11.6 Å². The van der Waals surface area contributed by atoms with Crippen LogP contribution in [0.15, 0.2) is 42.5 Å². The van der Waals surface area contributed by atoms with Crippen LogP contribution in [0.3, 0.4) is 0 Å². The maximum atomic E-state index is 5.98. The van der Waals surface area contributed by atoms with E-state index in [1.807, 2.05) is 18.2 Å². The first-order chi connectivity index (χ1) is 9.72. The lowest BCUT2D eigenvalue weighted by atomic mass is 10.2. The lowest BCUT2D eigenvalue weighted by Gasteiger charge is -2.07. The molecule has 1 heterocycles. The van der Waals surface area contributed by atoms with Gasteiger partial charge < -0.3 is 5.32 Å². The molecule has 2 aromatic carbocycles. The highest BCUT2D eigenvalue weighted by Gasteiger charge is 2.04. The molecule has 3 aromatic rings. The Kier molecular flexibility index (Phi) is 3.90. The molecule has 102 valence electrons. The third-order valence-electron chi connectivity index (χ3n) is 3.19. The van der Waals surface area contributed by atoms with Gasteiger partial charge in [0.05, 0.1) is 15.2 Å². The molecule has 0 radical (unpaired) electrons. The van der Waals surface area contributed by atoms with Crippen LogP contribution in [0.5, 0.6) is 0 Å². The Bertz CT molecular complexity index is 736. The summed E-state index contributed by atoms with van der Waals surface area (Å²) in [5.41, 5.74) is 3.45. The molecule has 0 aliphatic heterocycles. The highest BCUT2D eigenvalue weighted by Crippen LogP contribution is 2.25. The molecule has 0 fully saturated rings. The number of anilines is 1. The van der Waals surface area contributed by atoms with E-state index in [1.165, 1.54) is 16.0 Å². The predicted molar refractivity (Wildman–Crippen MR) is 88.0 cm³/mol. The zero-order valence-electron chi connectivity index (χ0n) is 11.2. The van der Waals surface area contributed by atoms with E-state index >= 15 is 0 Å². The molecule has 0 aliphatic carbocycles. The van der Waals surface area contributed by atoms with Crippen LogP contribution >= 0.6 is 22.9 Å². The van der Waals surface area contributed by atoms with Gasteiger partial charge in [-0.2, -0.15) is 0 Å². The van der Waals surface area contributed by atoms with Gasteiger partial charge in [0.2, 0.25) is 0 Å². The van der Waals surface area contributed by atoms with Crippen molar-refractivity contribution in [3.05, 3.63) is 58.1 Å². The summed E-state index contributed by atoms with van der Waals surface area (Å²) in [4.78, 5) is 4.62. The monoisotopic (exact) mass is 302 g/mol. The molecule has 0 saturated heterocycles. The van der Waals surface area contributed by atoms with Crippen molar-refractivity contribution in [1.82, 2.24) is 4.98 Å². The molecule has 0 unspecified atom stereocenters. The normalized spacial score (nSPS) is 10.9. The van der Waals surface area contributed by atoms with E-state index < -0.39 is 0 Å². The maximum Gasteiger partial charge on any atom is 0.0956 e. The zero-order chi connectivity index (χ0) is 13.9. The number of nitrogens with zero attached hydrogens (tertiary/aromatic N) is 1. The van der Waals surface area contributed by atoms with E-state index in [9.17, 15) is 0 Å². The number of benzene rings is 2. The number of hydrogen-bond donors (Lipinski definition) is 1. The van der Waals surface area contributed by atoms with Crippen molar-refractivity contribution in [3.63, 3.8) is 0 Å². The molecule has 0 atom stereocenters. The predicted octanol–water partition coefficient (Wildman–Crippen LogP) is 4.91. The number of aryl methyl sites for hydroxylation is 1.